The van der Waals surface area contributed by atoms with Gasteiger partial charge >= 0.3 is 0 Å². The Hall–Kier alpha value is -1.33. The number of hydrogen-bond donors (Lipinski definition) is 1. The van der Waals surface area contributed by atoms with Crippen LogP contribution in [-0.4, -0.2) is 36.6 Å². The standard InChI is InChI=1S/C13H20N2O3/c1-2-15(8-11-4-3-5-17-11)13(16)10-6-12(7-14)18-9-10/h6,9,11H,2-5,7-8,14H2,1H3. The average Bonchev–Trinajstić information content (AvgIpc) is 3.06. The molecule has 1 fully saturated rings. The van der Waals surface area contributed by atoms with Crippen LogP contribution in [0.15, 0.2) is 16.7 Å². The van der Waals surface area contributed by atoms with Crippen LogP contribution in [0.1, 0.15) is 35.9 Å². The van der Waals surface area contributed by atoms with Gasteiger partial charge in [-0.05, 0) is 25.8 Å². The van der Waals surface area contributed by atoms with Gasteiger partial charge in [0.15, 0.2) is 0 Å². The lowest BCUT2D eigenvalue weighted by atomic mass is 10.2. The summed E-state index contributed by atoms with van der Waals surface area (Å²) in [7, 11) is 0. The van der Waals surface area contributed by atoms with Gasteiger partial charge < -0.3 is 19.8 Å². The second-order valence-electron chi connectivity index (χ2n) is 4.48. The number of rotatable bonds is 5. The lowest BCUT2D eigenvalue weighted by Crippen LogP contribution is -2.37. The Morgan fingerprint density at radius 1 is 1.61 bits per heavy atom. The number of hydrogen-bond acceptors (Lipinski definition) is 4. The molecule has 2 rings (SSSR count). The molecule has 1 aliphatic heterocycles. The van der Waals surface area contributed by atoms with Crippen molar-refractivity contribution in [1.29, 1.82) is 0 Å². The first-order valence-electron chi connectivity index (χ1n) is 6.43. The Balaban J connectivity index is 1.99. The van der Waals surface area contributed by atoms with Crippen LogP contribution >= 0.6 is 0 Å². The van der Waals surface area contributed by atoms with Gasteiger partial charge in [0.2, 0.25) is 0 Å². The van der Waals surface area contributed by atoms with E-state index in [1.54, 1.807) is 11.0 Å². The van der Waals surface area contributed by atoms with Crippen LogP contribution in [0.5, 0.6) is 0 Å². The zero-order valence-corrected chi connectivity index (χ0v) is 10.7. The first-order chi connectivity index (χ1) is 8.74. The number of nitrogens with two attached hydrogens (primary N) is 1. The summed E-state index contributed by atoms with van der Waals surface area (Å²) in [5.74, 6) is 0.614. The number of amides is 1. The Labute approximate surface area is 107 Å². The summed E-state index contributed by atoms with van der Waals surface area (Å²) >= 11 is 0. The first-order valence-corrected chi connectivity index (χ1v) is 6.43. The summed E-state index contributed by atoms with van der Waals surface area (Å²) in [5, 5.41) is 0. The van der Waals surface area contributed by atoms with E-state index in [1.807, 2.05) is 6.92 Å². The number of likely N-dealkylation sites (N-methyl/N-ethyl adjacent to an activating group) is 1. The second kappa shape index (κ2) is 6.02. The number of carbonyl (C=O) groups excluding carboxylic acids is 1. The minimum absolute atomic E-state index is 0.0172. The highest BCUT2D eigenvalue weighted by Crippen LogP contribution is 2.16. The molecule has 100 valence electrons. The molecule has 0 bridgehead atoms. The van der Waals surface area contributed by atoms with Crippen LogP contribution in [-0.2, 0) is 11.3 Å². The Bertz CT molecular complexity index is 397. The predicted molar refractivity (Wildman–Crippen MR) is 67.2 cm³/mol. The van der Waals surface area contributed by atoms with Gasteiger partial charge in [-0.2, -0.15) is 0 Å². The molecule has 1 saturated heterocycles. The molecule has 1 aromatic heterocycles. The fourth-order valence-electron chi connectivity index (χ4n) is 2.17. The highest BCUT2D eigenvalue weighted by molar-refractivity contribution is 5.94. The van der Waals surface area contributed by atoms with Gasteiger partial charge in [-0.15, -0.1) is 0 Å². The van der Waals surface area contributed by atoms with E-state index in [4.69, 9.17) is 14.9 Å². The second-order valence-corrected chi connectivity index (χ2v) is 4.48. The highest BCUT2D eigenvalue weighted by atomic mass is 16.5. The first kappa shape index (κ1) is 13.1. The van der Waals surface area contributed by atoms with Crippen LogP contribution in [0.3, 0.4) is 0 Å². The molecular formula is C13H20N2O3. The van der Waals surface area contributed by atoms with E-state index in [0.29, 0.717) is 31.0 Å². The largest absolute Gasteiger partial charge is 0.467 e. The van der Waals surface area contributed by atoms with Crippen LogP contribution in [0.2, 0.25) is 0 Å². The van der Waals surface area contributed by atoms with Crippen molar-refractivity contribution >= 4 is 5.91 Å². The van der Waals surface area contributed by atoms with Gasteiger partial charge in [0.05, 0.1) is 18.2 Å². The zero-order valence-electron chi connectivity index (χ0n) is 10.7. The van der Waals surface area contributed by atoms with E-state index in [9.17, 15) is 4.79 Å². The third kappa shape index (κ3) is 2.91. The highest BCUT2D eigenvalue weighted by Gasteiger charge is 2.23. The van der Waals surface area contributed by atoms with Crippen LogP contribution < -0.4 is 5.73 Å². The predicted octanol–water partition coefficient (Wildman–Crippen LogP) is 1.38. The van der Waals surface area contributed by atoms with E-state index in [2.05, 4.69) is 0 Å². The van der Waals surface area contributed by atoms with Crippen LogP contribution in [0.4, 0.5) is 0 Å². The van der Waals surface area contributed by atoms with E-state index in [0.717, 1.165) is 19.4 Å². The fourth-order valence-corrected chi connectivity index (χ4v) is 2.17. The van der Waals surface area contributed by atoms with Gasteiger partial charge in [-0.3, -0.25) is 4.79 Å². The Morgan fingerprint density at radius 3 is 3.00 bits per heavy atom. The van der Waals surface area contributed by atoms with Gasteiger partial charge in [-0.1, -0.05) is 0 Å². The van der Waals surface area contributed by atoms with Crippen molar-refractivity contribution in [3.05, 3.63) is 23.7 Å². The molecule has 2 N–H and O–H groups in total. The zero-order chi connectivity index (χ0) is 13.0. The van der Waals surface area contributed by atoms with Crippen molar-refractivity contribution in [2.75, 3.05) is 19.7 Å². The summed E-state index contributed by atoms with van der Waals surface area (Å²) in [4.78, 5) is 14.1. The topological polar surface area (TPSA) is 68.7 Å². The van der Waals surface area contributed by atoms with Crippen molar-refractivity contribution in [3.8, 4) is 0 Å². The lowest BCUT2D eigenvalue weighted by molar-refractivity contribution is 0.0538. The number of ether oxygens (including phenoxy) is 1. The van der Waals surface area contributed by atoms with Crippen molar-refractivity contribution < 1.29 is 13.9 Å². The Kier molecular flexibility index (Phi) is 4.38. The molecule has 18 heavy (non-hydrogen) atoms. The van der Waals surface area contributed by atoms with E-state index in [1.165, 1.54) is 6.26 Å². The molecule has 1 aliphatic rings. The summed E-state index contributed by atoms with van der Waals surface area (Å²) in [6, 6.07) is 1.71. The Morgan fingerprint density at radius 2 is 2.44 bits per heavy atom. The molecule has 0 spiro atoms. The van der Waals surface area contributed by atoms with Crippen molar-refractivity contribution in [2.45, 2.75) is 32.4 Å². The fraction of sp³-hybridized carbons (Fsp3) is 0.615. The van der Waals surface area contributed by atoms with Gasteiger partial charge in [0.25, 0.3) is 5.91 Å². The monoisotopic (exact) mass is 252 g/mol. The molecular weight excluding hydrogens is 232 g/mol. The van der Waals surface area contributed by atoms with E-state index >= 15 is 0 Å². The molecule has 5 nitrogen and oxygen atoms in total. The van der Waals surface area contributed by atoms with Crippen molar-refractivity contribution in [2.24, 2.45) is 5.73 Å². The minimum Gasteiger partial charge on any atom is -0.467 e. The molecule has 0 aliphatic carbocycles. The maximum absolute atomic E-state index is 12.3. The van der Waals surface area contributed by atoms with Gasteiger partial charge in [-0.25, -0.2) is 0 Å². The van der Waals surface area contributed by atoms with Crippen molar-refractivity contribution in [3.63, 3.8) is 0 Å². The van der Waals surface area contributed by atoms with E-state index in [-0.39, 0.29) is 12.0 Å². The smallest absolute Gasteiger partial charge is 0.257 e. The third-order valence-electron chi connectivity index (χ3n) is 3.22. The summed E-state index contributed by atoms with van der Waals surface area (Å²) < 4.78 is 10.8. The SMILES string of the molecule is CCN(CC1CCCO1)C(=O)c1coc(CN)c1. The quantitative estimate of drug-likeness (QED) is 0.859. The van der Waals surface area contributed by atoms with E-state index < -0.39 is 0 Å². The number of nitrogens with zero attached hydrogens (tertiary/aromatic N) is 1. The number of carbonyl (C=O) groups is 1. The molecule has 0 radical (unpaired) electrons. The molecule has 0 aromatic carbocycles. The molecule has 1 aromatic rings. The molecule has 1 atom stereocenters. The minimum atomic E-state index is -0.0172. The summed E-state index contributed by atoms with van der Waals surface area (Å²) in [6.07, 6.45) is 3.76. The number of furan rings is 1. The molecule has 5 heteroatoms. The maximum atomic E-state index is 12.3. The average molecular weight is 252 g/mol. The third-order valence-corrected chi connectivity index (χ3v) is 3.22. The summed E-state index contributed by atoms with van der Waals surface area (Å²) in [5.41, 5.74) is 6.03. The molecule has 0 saturated carbocycles. The molecule has 1 amide bonds. The molecule has 2 heterocycles. The van der Waals surface area contributed by atoms with Gasteiger partial charge in [0.1, 0.15) is 12.0 Å². The van der Waals surface area contributed by atoms with Crippen LogP contribution in [0.25, 0.3) is 0 Å². The normalized spacial score (nSPS) is 19.1. The summed E-state index contributed by atoms with van der Waals surface area (Å²) in [6.45, 7) is 4.40. The van der Waals surface area contributed by atoms with Gasteiger partial charge in [0, 0.05) is 19.7 Å². The lowest BCUT2D eigenvalue weighted by Gasteiger charge is -2.23. The maximum Gasteiger partial charge on any atom is 0.257 e. The van der Waals surface area contributed by atoms with Crippen LogP contribution in [0, 0.1) is 0 Å². The molecule has 1 unspecified atom stereocenters. The van der Waals surface area contributed by atoms with Crippen molar-refractivity contribution in [1.82, 2.24) is 4.90 Å².